The van der Waals surface area contributed by atoms with Crippen LogP contribution in [0.5, 0.6) is 0 Å². The molecule has 1 N–H and O–H groups in total. The molecule has 0 aliphatic heterocycles. The molecule has 0 fully saturated rings. The van der Waals surface area contributed by atoms with Crippen LogP contribution in [-0.4, -0.2) is 14.8 Å². The molecule has 4 nitrogen and oxygen atoms in total. The van der Waals surface area contributed by atoms with Gasteiger partial charge in [-0.15, -0.1) is 0 Å². The van der Waals surface area contributed by atoms with E-state index in [1.165, 1.54) is 30.4 Å². The van der Waals surface area contributed by atoms with Gasteiger partial charge in [0.1, 0.15) is 12.2 Å². The molecule has 2 aromatic rings. The Morgan fingerprint density at radius 3 is 3.16 bits per heavy atom. The van der Waals surface area contributed by atoms with Gasteiger partial charge in [0.25, 0.3) is 0 Å². The van der Waals surface area contributed by atoms with Gasteiger partial charge in [-0.1, -0.05) is 24.3 Å². The summed E-state index contributed by atoms with van der Waals surface area (Å²) in [5.74, 6) is 1.02. The summed E-state index contributed by atoms with van der Waals surface area (Å²) < 4.78 is 1.95. The molecule has 1 atom stereocenters. The number of nitrogens with one attached hydrogen (secondary N) is 1. The van der Waals surface area contributed by atoms with Gasteiger partial charge in [0.15, 0.2) is 0 Å². The van der Waals surface area contributed by atoms with Gasteiger partial charge in [0, 0.05) is 12.6 Å². The van der Waals surface area contributed by atoms with Crippen molar-refractivity contribution in [3.8, 4) is 0 Å². The third-order valence-corrected chi connectivity index (χ3v) is 3.87. The van der Waals surface area contributed by atoms with Crippen molar-refractivity contribution in [3.05, 3.63) is 47.5 Å². The Labute approximate surface area is 113 Å². The van der Waals surface area contributed by atoms with E-state index in [0.717, 1.165) is 18.9 Å². The molecule has 0 radical (unpaired) electrons. The molecule has 1 unspecified atom stereocenters. The molecule has 1 aliphatic rings. The zero-order valence-corrected chi connectivity index (χ0v) is 11.3. The summed E-state index contributed by atoms with van der Waals surface area (Å²) in [5, 5.41) is 7.84. The second kappa shape index (κ2) is 5.53. The molecule has 1 aromatic carbocycles. The van der Waals surface area contributed by atoms with Crippen LogP contribution < -0.4 is 5.32 Å². The van der Waals surface area contributed by atoms with E-state index in [-0.39, 0.29) is 0 Å². The maximum atomic E-state index is 4.32. The Morgan fingerprint density at radius 2 is 2.26 bits per heavy atom. The molecule has 0 spiro atoms. The lowest BCUT2D eigenvalue weighted by Gasteiger charge is -2.26. The Hall–Kier alpha value is -1.68. The number of fused-ring (bicyclic) bond motifs is 1. The van der Waals surface area contributed by atoms with Crippen molar-refractivity contribution in [2.45, 2.75) is 45.3 Å². The first-order valence-electron chi connectivity index (χ1n) is 7.06. The Morgan fingerprint density at radius 1 is 1.37 bits per heavy atom. The molecule has 100 valence electrons. The number of benzene rings is 1. The summed E-state index contributed by atoms with van der Waals surface area (Å²) in [4.78, 5) is 4.32. The number of aromatic nitrogens is 3. The van der Waals surface area contributed by atoms with Crippen LogP contribution in [0.15, 0.2) is 30.6 Å². The van der Waals surface area contributed by atoms with E-state index in [4.69, 9.17) is 0 Å². The molecule has 0 amide bonds. The minimum absolute atomic E-state index is 0.451. The van der Waals surface area contributed by atoms with Crippen molar-refractivity contribution in [2.75, 3.05) is 0 Å². The SMILES string of the molecule is CCn1ncnc1CNC1CCCc2ccccc21. The van der Waals surface area contributed by atoms with Crippen LogP contribution in [-0.2, 0) is 19.5 Å². The van der Waals surface area contributed by atoms with E-state index >= 15 is 0 Å². The average Bonchev–Trinajstić information content (AvgIpc) is 2.92. The second-order valence-corrected chi connectivity index (χ2v) is 5.02. The number of hydrogen-bond donors (Lipinski definition) is 1. The van der Waals surface area contributed by atoms with Crippen LogP contribution >= 0.6 is 0 Å². The van der Waals surface area contributed by atoms with Crippen LogP contribution in [0.2, 0.25) is 0 Å². The van der Waals surface area contributed by atoms with Crippen molar-refractivity contribution >= 4 is 0 Å². The van der Waals surface area contributed by atoms with Crippen LogP contribution in [0, 0.1) is 0 Å². The maximum absolute atomic E-state index is 4.32. The van der Waals surface area contributed by atoms with Crippen molar-refractivity contribution in [1.29, 1.82) is 0 Å². The number of nitrogens with zero attached hydrogens (tertiary/aromatic N) is 3. The van der Waals surface area contributed by atoms with E-state index in [9.17, 15) is 0 Å². The van der Waals surface area contributed by atoms with Crippen LogP contribution in [0.3, 0.4) is 0 Å². The highest BCUT2D eigenvalue weighted by Crippen LogP contribution is 2.29. The van der Waals surface area contributed by atoms with Crippen molar-refractivity contribution in [3.63, 3.8) is 0 Å². The Bertz CT molecular complexity index is 547. The van der Waals surface area contributed by atoms with E-state index in [1.54, 1.807) is 6.33 Å². The molecule has 0 saturated heterocycles. The fourth-order valence-electron chi connectivity index (χ4n) is 2.87. The lowest BCUT2D eigenvalue weighted by molar-refractivity contribution is 0.443. The lowest BCUT2D eigenvalue weighted by Crippen LogP contribution is -2.26. The van der Waals surface area contributed by atoms with Gasteiger partial charge in [0.05, 0.1) is 6.54 Å². The third kappa shape index (κ3) is 2.54. The minimum atomic E-state index is 0.451. The molecular formula is C15H20N4. The number of rotatable bonds is 4. The summed E-state index contributed by atoms with van der Waals surface area (Å²) in [7, 11) is 0. The van der Waals surface area contributed by atoms with E-state index in [2.05, 4.69) is 46.6 Å². The van der Waals surface area contributed by atoms with Gasteiger partial charge in [0.2, 0.25) is 0 Å². The third-order valence-electron chi connectivity index (χ3n) is 3.87. The van der Waals surface area contributed by atoms with Gasteiger partial charge in [-0.25, -0.2) is 9.67 Å². The smallest absolute Gasteiger partial charge is 0.140 e. The molecule has 0 saturated carbocycles. The number of hydrogen-bond acceptors (Lipinski definition) is 3. The van der Waals surface area contributed by atoms with Crippen LogP contribution in [0.1, 0.15) is 42.8 Å². The largest absolute Gasteiger partial charge is 0.303 e. The first-order chi connectivity index (χ1) is 9.38. The predicted octanol–water partition coefficient (Wildman–Crippen LogP) is 2.47. The first kappa shape index (κ1) is 12.4. The first-order valence-corrected chi connectivity index (χ1v) is 7.06. The van der Waals surface area contributed by atoms with Gasteiger partial charge >= 0.3 is 0 Å². The lowest BCUT2D eigenvalue weighted by atomic mass is 9.88. The van der Waals surface area contributed by atoms with Gasteiger partial charge in [-0.2, -0.15) is 5.10 Å². The average molecular weight is 256 g/mol. The normalized spacial score (nSPS) is 18.3. The quantitative estimate of drug-likeness (QED) is 0.913. The predicted molar refractivity (Wildman–Crippen MR) is 74.7 cm³/mol. The van der Waals surface area contributed by atoms with Crippen LogP contribution in [0.4, 0.5) is 0 Å². The summed E-state index contributed by atoms with van der Waals surface area (Å²) in [6.07, 6.45) is 5.31. The topological polar surface area (TPSA) is 42.7 Å². The molecule has 19 heavy (non-hydrogen) atoms. The molecule has 1 aliphatic carbocycles. The van der Waals surface area contributed by atoms with Gasteiger partial charge < -0.3 is 5.32 Å². The Balaban J connectivity index is 1.71. The fraction of sp³-hybridized carbons (Fsp3) is 0.467. The summed E-state index contributed by atoms with van der Waals surface area (Å²) in [6.45, 7) is 3.75. The van der Waals surface area contributed by atoms with Crippen molar-refractivity contribution in [1.82, 2.24) is 20.1 Å². The summed E-state index contributed by atoms with van der Waals surface area (Å²) in [5.41, 5.74) is 2.94. The summed E-state index contributed by atoms with van der Waals surface area (Å²) >= 11 is 0. The van der Waals surface area contributed by atoms with E-state index in [0.29, 0.717) is 6.04 Å². The van der Waals surface area contributed by atoms with E-state index < -0.39 is 0 Å². The zero-order valence-electron chi connectivity index (χ0n) is 11.3. The molecule has 3 rings (SSSR count). The molecule has 1 aromatic heterocycles. The molecule has 1 heterocycles. The van der Waals surface area contributed by atoms with E-state index in [1.807, 2.05) is 4.68 Å². The minimum Gasteiger partial charge on any atom is -0.303 e. The zero-order chi connectivity index (χ0) is 13.1. The standard InChI is InChI=1S/C15H20N4/c1-2-19-15(17-11-18-19)10-16-14-9-5-7-12-6-3-4-8-13(12)14/h3-4,6,8,11,14,16H,2,5,7,9-10H2,1H3. The maximum Gasteiger partial charge on any atom is 0.140 e. The van der Waals surface area contributed by atoms with Crippen molar-refractivity contribution in [2.24, 2.45) is 0 Å². The highest BCUT2D eigenvalue weighted by molar-refractivity contribution is 5.32. The molecule has 4 heteroatoms. The fourth-order valence-corrected chi connectivity index (χ4v) is 2.87. The molecule has 0 bridgehead atoms. The van der Waals surface area contributed by atoms with Gasteiger partial charge in [-0.05, 0) is 37.3 Å². The Kier molecular flexibility index (Phi) is 3.60. The summed E-state index contributed by atoms with van der Waals surface area (Å²) in [6, 6.07) is 9.21. The van der Waals surface area contributed by atoms with Gasteiger partial charge in [-0.3, -0.25) is 0 Å². The van der Waals surface area contributed by atoms with Crippen molar-refractivity contribution < 1.29 is 0 Å². The van der Waals surface area contributed by atoms with Crippen LogP contribution in [0.25, 0.3) is 0 Å². The highest BCUT2D eigenvalue weighted by Gasteiger charge is 2.19. The molecular weight excluding hydrogens is 236 g/mol. The second-order valence-electron chi connectivity index (χ2n) is 5.02. The highest BCUT2D eigenvalue weighted by atomic mass is 15.3. The monoisotopic (exact) mass is 256 g/mol. The number of aryl methyl sites for hydroxylation is 2.